The van der Waals surface area contributed by atoms with Crippen molar-refractivity contribution in [3.63, 3.8) is 0 Å². The minimum Gasteiger partial charge on any atom is -0.260 e. The summed E-state index contributed by atoms with van der Waals surface area (Å²) in [5, 5.41) is 16.1. The van der Waals surface area contributed by atoms with Crippen molar-refractivity contribution in [1.82, 2.24) is 19.8 Å². The molecule has 6 heteroatoms. The first-order valence-electron chi connectivity index (χ1n) is 6.51. The van der Waals surface area contributed by atoms with Crippen LogP contribution in [0.4, 0.5) is 5.82 Å². The minimum atomic E-state index is 0.631. The Bertz CT molecular complexity index is 788. The second kappa shape index (κ2) is 5.96. The van der Waals surface area contributed by atoms with Crippen LogP contribution >= 0.6 is 0 Å². The Morgan fingerprint density at radius 1 is 1.19 bits per heavy atom. The molecule has 0 unspecified atom stereocenters. The Kier molecular flexibility index (Phi) is 3.68. The summed E-state index contributed by atoms with van der Waals surface area (Å²) in [5.41, 5.74) is 5.77. The van der Waals surface area contributed by atoms with Gasteiger partial charge in [0.25, 0.3) is 0 Å². The van der Waals surface area contributed by atoms with Crippen LogP contribution in [0.3, 0.4) is 0 Å². The molecule has 0 fully saturated rings. The number of hydrazone groups is 1. The maximum Gasteiger partial charge on any atom is 0.177 e. The lowest BCUT2D eigenvalue weighted by atomic mass is 10.1. The van der Waals surface area contributed by atoms with Crippen molar-refractivity contribution in [1.29, 1.82) is 0 Å². The van der Waals surface area contributed by atoms with Crippen LogP contribution in [-0.4, -0.2) is 26.0 Å². The van der Waals surface area contributed by atoms with Crippen molar-refractivity contribution in [3.05, 3.63) is 59.9 Å². The predicted octanol–water partition coefficient (Wildman–Crippen LogP) is 2.63. The lowest BCUT2D eigenvalue weighted by molar-refractivity contribution is 0.925. The summed E-state index contributed by atoms with van der Waals surface area (Å²) in [5.74, 6) is 0.631. The van der Waals surface area contributed by atoms with Gasteiger partial charge in [0.15, 0.2) is 11.5 Å². The molecule has 0 atom stereocenters. The molecule has 0 saturated heterocycles. The molecule has 3 aromatic rings. The van der Waals surface area contributed by atoms with E-state index in [-0.39, 0.29) is 0 Å². The first kappa shape index (κ1) is 13.0. The monoisotopic (exact) mass is 278 g/mol. The molecule has 0 aliphatic heterocycles. The molecule has 1 aromatic carbocycles. The molecule has 3 rings (SSSR count). The van der Waals surface area contributed by atoms with Crippen molar-refractivity contribution in [2.45, 2.75) is 6.92 Å². The average molecular weight is 278 g/mol. The van der Waals surface area contributed by atoms with Gasteiger partial charge in [-0.2, -0.15) is 9.62 Å². The summed E-state index contributed by atoms with van der Waals surface area (Å²) < 4.78 is 1.59. The molecule has 0 saturated carbocycles. The number of nitrogens with zero attached hydrogens (tertiary/aromatic N) is 5. The van der Waals surface area contributed by atoms with Gasteiger partial charge < -0.3 is 0 Å². The Labute approximate surface area is 121 Å². The van der Waals surface area contributed by atoms with Crippen LogP contribution in [0.15, 0.2) is 59.5 Å². The molecule has 0 aliphatic rings. The lowest BCUT2D eigenvalue weighted by Crippen LogP contribution is -1.97. The third-order valence-electron chi connectivity index (χ3n) is 2.80. The van der Waals surface area contributed by atoms with E-state index in [4.69, 9.17) is 0 Å². The largest absolute Gasteiger partial charge is 0.260 e. The molecule has 0 radical (unpaired) electrons. The third-order valence-corrected chi connectivity index (χ3v) is 2.80. The first-order valence-corrected chi connectivity index (χ1v) is 6.51. The summed E-state index contributed by atoms with van der Waals surface area (Å²) in [4.78, 5) is 0. The second-order valence-electron chi connectivity index (χ2n) is 4.52. The van der Waals surface area contributed by atoms with E-state index in [0.717, 1.165) is 11.1 Å². The lowest BCUT2D eigenvalue weighted by Gasteiger charge is -1.99. The zero-order chi connectivity index (χ0) is 14.5. The molecule has 6 nitrogen and oxygen atoms in total. The van der Waals surface area contributed by atoms with Gasteiger partial charge in [-0.15, -0.1) is 15.3 Å². The van der Waals surface area contributed by atoms with Gasteiger partial charge in [-0.25, -0.2) is 0 Å². The number of hydrogen-bond acceptors (Lipinski definition) is 5. The van der Waals surface area contributed by atoms with Gasteiger partial charge in [0.05, 0.1) is 6.21 Å². The van der Waals surface area contributed by atoms with Gasteiger partial charge in [-0.3, -0.25) is 5.43 Å². The number of hydrogen-bond donors (Lipinski definition) is 1. The number of allylic oxidation sites excluding steroid dienone is 1. The standard InChI is InChI=1S/C15H14N6/c1-12(9-13-5-3-2-4-6-13)10-16-18-14-7-8-15-19-17-11-21(15)20-14/h2-11H,1H3,(H,18,20)/b12-9-,16-10-. The fraction of sp³-hybridized carbons (Fsp3) is 0.0667. The fourth-order valence-corrected chi connectivity index (χ4v) is 1.84. The number of rotatable bonds is 4. The smallest absolute Gasteiger partial charge is 0.177 e. The van der Waals surface area contributed by atoms with Crippen LogP contribution in [0, 0.1) is 0 Å². The fourth-order valence-electron chi connectivity index (χ4n) is 1.84. The molecule has 21 heavy (non-hydrogen) atoms. The normalized spacial score (nSPS) is 12.1. The Balaban J connectivity index is 1.67. The van der Waals surface area contributed by atoms with Crippen molar-refractivity contribution < 1.29 is 0 Å². The molecule has 0 aliphatic carbocycles. The molecule has 0 amide bonds. The number of benzene rings is 1. The SMILES string of the molecule is CC(/C=N\Nc1ccc2nncn2n1)=C/c1ccccc1. The highest BCUT2D eigenvalue weighted by Gasteiger charge is 1.97. The van der Waals surface area contributed by atoms with Crippen LogP contribution in [-0.2, 0) is 0 Å². The number of aromatic nitrogens is 4. The van der Waals surface area contributed by atoms with E-state index in [9.17, 15) is 0 Å². The van der Waals surface area contributed by atoms with E-state index in [1.807, 2.05) is 43.3 Å². The van der Waals surface area contributed by atoms with Crippen LogP contribution in [0.25, 0.3) is 11.7 Å². The highest BCUT2D eigenvalue weighted by molar-refractivity contribution is 5.85. The first-order chi connectivity index (χ1) is 10.3. The van der Waals surface area contributed by atoms with E-state index < -0.39 is 0 Å². The van der Waals surface area contributed by atoms with Crippen LogP contribution in [0.2, 0.25) is 0 Å². The molecule has 2 aromatic heterocycles. The summed E-state index contributed by atoms with van der Waals surface area (Å²) in [6.07, 6.45) is 5.36. The van der Waals surface area contributed by atoms with Crippen molar-refractivity contribution in [2.75, 3.05) is 5.43 Å². The van der Waals surface area contributed by atoms with E-state index in [2.05, 4.69) is 31.9 Å². The van der Waals surface area contributed by atoms with Gasteiger partial charge in [0, 0.05) is 0 Å². The van der Waals surface area contributed by atoms with Crippen molar-refractivity contribution in [3.8, 4) is 0 Å². The topological polar surface area (TPSA) is 67.5 Å². The zero-order valence-corrected chi connectivity index (χ0v) is 11.5. The minimum absolute atomic E-state index is 0.631. The van der Waals surface area contributed by atoms with Gasteiger partial charge in [-0.05, 0) is 30.2 Å². The number of nitrogens with one attached hydrogen (secondary N) is 1. The quantitative estimate of drug-likeness (QED) is 0.588. The summed E-state index contributed by atoms with van der Waals surface area (Å²) in [6.45, 7) is 1.99. The number of fused-ring (bicyclic) bond motifs is 1. The summed E-state index contributed by atoms with van der Waals surface area (Å²) in [7, 11) is 0. The molecule has 1 N–H and O–H groups in total. The van der Waals surface area contributed by atoms with Crippen molar-refractivity contribution >= 4 is 23.8 Å². The maximum atomic E-state index is 4.26. The Hall–Kier alpha value is -3.02. The Morgan fingerprint density at radius 3 is 2.90 bits per heavy atom. The second-order valence-corrected chi connectivity index (χ2v) is 4.52. The molecule has 0 spiro atoms. The molecule has 0 bridgehead atoms. The van der Waals surface area contributed by atoms with E-state index >= 15 is 0 Å². The van der Waals surface area contributed by atoms with Crippen LogP contribution in [0.5, 0.6) is 0 Å². The Morgan fingerprint density at radius 2 is 2.05 bits per heavy atom. The summed E-state index contributed by atoms with van der Waals surface area (Å²) in [6, 6.07) is 13.7. The van der Waals surface area contributed by atoms with Crippen LogP contribution in [0.1, 0.15) is 12.5 Å². The van der Waals surface area contributed by atoms with Crippen molar-refractivity contribution in [2.24, 2.45) is 5.10 Å². The summed E-state index contributed by atoms with van der Waals surface area (Å²) >= 11 is 0. The molecular weight excluding hydrogens is 264 g/mol. The van der Waals surface area contributed by atoms with Gasteiger partial charge >= 0.3 is 0 Å². The predicted molar refractivity (Wildman–Crippen MR) is 83.0 cm³/mol. The van der Waals surface area contributed by atoms with Gasteiger partial charge in [0.2, 0.25) is 0 Å². The van der Waals surface area contributed by atoms with E-state index in [1.165, 1.54) is 0 Å². The van der Waals surface area contributed by atoms with Gasteiger partial charge in [0.1, 0.15) is 6.33 Å². The van der Waals surface area contributed by atoms with E-state index in [1.54, 1.807) is 23.1 Å². The molecule has 104 valence electrons. The van der Waals surface area contributed by atoms with Crippen LogP contribution < -0.4 is 5.43 Å². The molecule has 2 heterocycles. The third kappa shape index (κ3) is 3.30. The zero-order valence-electron chi connectivity index (χ0n) is 11.5. The highest BCUT2D eigenvalue weighted by Crippen LogP contribution is 2.06. The van der Waals surface area contributed by atoms with Gasteiger partial charge in [-0.1, -0.05) is 36.4 Å². The highest BCUT2D eigenvalue weighted by atomic mass is 15.4. The van der Waals surface area contributed by atoms with E-state index in [0.29, 0.717) is 11.5 Å². The maximum absolute atomic E-state index is 4.26. The number of anilines is 1. The molecular formula is C15H14N6. The average Bonchev–Trinajstić information content (AvgIpc) is 2.96.